The summed E-state index contributed by atoms with van der Waals surface area (Å²) in [6.45, 7) is 3.76. The van der Waals surface area contributed by atoms with Gasteiger partial charge in [0, 0.05) is 32.7 Å². The number of fused-ring (bicyclic) bond motifs is 5. The molecule has 2 saturated heterocycles. The molecule has 1 aromatic rings. The molecule has 4 aliphatic rings. The summed E-state index contributed by atoms with van der Waals surface area (Å²) in [5.41, 5.74) is 1.27. The lowest BCUT2D eigenvalue weighted by Gasteiger charge is -2.35. The number of carbonyl (C=O) groups excluding carboxylic acids is 3. The Bertz CT molecular complexity index is 759. The zero-order valence-corrected chi connectivity index (χ0v) is 16.1. The van der Waals surface area contributed by atoms with E-state index in [0.29, 0.717) is 24.9 Å². The monoisotopic (exact) mass is 381 g/mol. The van der Waals surface area contributed by atoms with Gasteiger partial charge < -0.3 is 4.90 Å². The van der Waals surface area contributed by atoms with E-state index in [2.05, 4.69) is 17.0 Å². The predicted molar refractivity (Wildman–Crippen MR) is 103 cm³/mol. The van der Waals surface area contributed by atoms with Gasteiger partial charge in [-0.2, -0.15) is 0 Å². The van der Waals surface area contributed by atoms with Gasteiger partial charge in [-0.25, -0.2) is 0 Å². The zero-order valence-electron chi connectivity index (χ0n) is 16.1. The summed E-state index contributed by atoms with van der Waals surface area (Å²) >= 11 is 0. The largest absolute Gasteiger partial charge is 0.339 e. The number of piperazine rings is 1. The number of hydrogen-bond acceptors (Lipinski definition) is 4. The molecule has 5 rings (SSSR count). The Morgan fingerprint density at radius 3 is 2.11 bits per heavy atom. The first-order valence-corrected chi connectivity index (χ1v) is 10.5. The molecule has 28 heavy (non-hydrogen) atoms. The van der Waals surface area contributed by atoms with Crippen molar-refractivity contribution < 1.29 is 14.4 Å². The first-order valence-electron chi connectivity index (χ1n) is 10.5. The number of nitrogens with zero attached hydrogens (tertiary/aromatic N) is 3. The van der Waals surface area contributed by atoms with Crippen LogP contribution in [0.15, 0.2) is 30.3 Å². The predicted octanol–water partition coefficient (Wildman–Crippen LogP) is 1.36. The number of likely N-dealkylation sites (tertiary alicyclic amines) is 1. The maximum atomic E-state index is 12.8. The standard InChI is InChI=1S/C22H27N3O3/c26-18(24-10-8-23(9-11-24)13-15-4-2-1-3-5-15)14-25-21(27)19-16-6-7-17(12-16)20(19)22(25)28/h1-5,16-17,19-20H,6-14H2/t16-,17+,19+,20-. The second-order valence-electron chi connectivity index (χ2n) is 8.79. The van der Waals surface area contributed by atoms with Crippen LogP contribution in [0.1, 0.15) is 24.8 Å². The van der Waals surface area contributed by atoms with E-state index in [1.807, 2.05) is 23.1 Å². The number of rotatable bonds is 4. The molecule has 148 valence electrons. The van der Waals surface area contributed by atoms with Crippen molar-refractivity contribution >= 4 is 17.7 Å². The van der Waals surface area contributed by atoms with Crippen molar-refractivity contribution in [1.29, 1.82) is 0 Å². The third kappa shape index (κ3) is 2.94. The fourth-order valence-corrected chi connectivity index (χ4v) is 5.86. The molecule has 6 heteroatoms. The normalized spacial score (nSPS) is 32.3. The molecule has 2 heterocycles. The highest BCUT2D eigenvalue weighted by molar-refractivity contribution is 6.08. The summed E-state index contributed by atoms with van der Waals surface area (Å²) in [4.78, 5) is 43.8. The molecular weight excluding hydrogens is 354 g/mol. The second-order valence-corrected chi connectivity index (χ2v) is 8.79. The van der Waals surface area contributed by atoms with Gasteiger partial charge in [0.2, 0.25) is 17.7 Å². The summed E-state index contributed by atoms with van der Waals surface area (Å²) in [7, 11) is 0. The van der Waals surface area contributed by atoms with Gasteiger partial charge in [-0.3, -0.25) is 24.2 Å². The highest BCUT2D eigenvalue weighted by Crippen LogP contribution is 2.56. The molecule has 0 radical (unpaired) electrons. The summed E-state index contributed by atoms with van der Waals surface area (Å²) in [6.07, 6.45) is 3.16. The molecule has 3 amide bonds. The first kappa shape index (κ1) is 17.9. The van der Waals surface area contributed by atoms with Crippen LogP contribution < -0.4 is 0 Å². The minimum atomic E-state index is -0.137. The Morgan fingerprint density at radius 2 is 1.50 bits per heavy atom. The molecule has 2 aliphatic heterocycles. The Morgan fingerprint density at radius 1 is 0.893 bits per heavy atom. The maximum absolute atomic E-state index is 12.8. The van der Waals surface area contributed by atoms with Crippen LogP contribution in [-0.2, 0) is 20.9 Å². The van der Waals surface area contributed by atoms with Gasteiger partial charge in [-0.1, -0.05) is 30.3 Å². The molecule has 0 aromatic heterocycles. The van der Waals surface area contributed by atoms with E-state index in [1.165, 1.54) is 10.5 Å². The number of amides is 3. The first-order chi connectivity index (χ1) is 13.6. The molecule has 0 N–H and O–H groups in total. The van der Waals surface area contributed by atoms with Crippen LogP contribution in [0, 0.1) is 23.7 Å². The van der Waals surface area contributed by atoms with Crippen LogP contribution in [0.5, 0.6) is 0 Å². The molecule has 2 bridgehead atoms. The number of imide groups is 1. The maximum Gasteiger partial charge on any atom is 0.242 e. The number of carbonyl (C=O) groups is 3. The van der Waals surface area contributed by atoms with Gasteiger partial charge in [0.25, 0.3) is 0 Å². The quantitative estimate of drug-likeness (QED) is 0.739. The van der Waals surface area contributed by atoms with Crippen molar-refractivity contribution in [3.05, 3.63) is 35.9 Å². The molecule has 6 nitrogen and oxygen atoms in total. The van der Waals surface area contributed by atoms with Gasteiger partial charge in [0.15, 0.2) is 0 Å². The molecule has 1 aromatic carbocycles. The van der Waals surface area contributed by atoms with E-state index < -0.39 is 0 Å². The van der Waals surface area contributed by atoms with Gasteiger partial charge in [-0.05, 0) is 36.7 Å². The van der Waals surface area contributed by atoms with Gasteiger partial charge in [0.1, 0.15) is 6.54 Å². The van der Waals surface area contributed by atoms with Crippen LogP contribution in [0.4, 0.5) is 0 Å². The highest BCUT2D eigenvalue weighted by atomic mass is 16.2. The van der Waals surface area contributed by atoms with E-state index in [1.54, 1.807) is 0 Å². The number of hydrogen-bond donors (Lipinski definition) is 0. The SMILES string of the molecule is O=C(CN1C(=O)[C@@H]2[C@H]3CC[C@H](C3)[C@@H]2C1=O)N1CCN(Cc2ccccc2)CC1. The van der Waals surface area contributed by atoms with Crippen molar-refractivity contribution in [3.8, 4) is 0 Å². The Hall–Kier alpha value is -2.21. The highest BCUT2D eigenvalue weighted by Gasteiger charge is 2.61. The van der Waals surface area contributed by atoms with Crippen molar-refractivity contribution in [2.45, 2.75) is 25.8 Å². The van der Waals surface area contributed by atoms with Crippen LogP contribution in [-0.4, -0.2) is 65.1 Å². The van der Waals surface area contributed by atoms with E-state index in [0.717, 1.165) is 38.9 Å². The fraction of sp³-hybridized carbons (Fsp3) is 0.591. The fourth-order valence-electron chi connectivity index (χ4n) is 5.86. The third-order valence-electron chi connectivity index (χ3n) is 7.29. The van der Waals surface area contributed by atoms with Gasteiger partial charge in [0.05, 0.1) is 11.8 Å². The average Bonchev–Trinajstić information content (AvgIpc) is 3.39. The second kappa shape index (κ2) is 6.99. The van der Waals surface area contributed by atoms with Crippen molar-refractivity contribution in [3.63, 3.8) is 0 Å². The molecule has 0 spiro atoms. The van der Waals surface area contributed by atoms with Crippen molar-refractivity contribution in [2.75, 3.05) is 32.7 Å². The van der Waals surface area contributed by atoms with Crippen LogP contribution >= 0.6 is 0 Å². The topological polar surface area (TPSA) is 60.9 Å². The Labute approximate surface area is 165 Å². The average molecular weight is 381 g/mol. The lowest BCUT2D eigenvalue weighted by Crippen LogP contribution is -2.51. The molecular formula is C22H27N3O3. The molecule has 0 unspecified atom stereocenters. The third-order valence-corrected chi connectivity index (χ3v) is 7.29. The van der Waals surface area contributed by atoms with Crippen LogP contribution in [0.25, 0.3) is 0 Å². The summed E-state index contributed by atoms with van der Waals surface area (Å²) < 4.78 is 0. The number of benzene rings is 1. The van der Waals surface area contributed by atoms with Crippen LogP contribution in [0.2, 0.25) is 0 Å². The Balaban J connectivity index is 1.16. The zero-order chi connectivity index (χ0) is 19.3. The van der Waals surface area contributed by atoms with Crippen molar-refractivity contribution in [2.24, 2.45) is 23.7 Å². The smallest absolute Gasteiger partial charge is 0.242 e. The molecule has 2 saturated carbocycles. The summed E-state index contributed by atoms with van der Waals surface area (Å²) in [5.74, 6) is 0.203. The van der Waals surface area contributed by atoms with E-state index in [-0.39, 0.29) is 36.1 Å². The lowest BCUT2D eigenvalue weighted by atomic mass is 9.81. The minimum Gasteiger partial charge on any atom is -0.339 e. The summed E-state index contributed by atoms with van der Waals surface area (Å²) in [5, 5.41) is 0. The van der Waals surface area contributed by atoms with Gasteiger partial charge >= 0.3 is 0 Å². The van der Waals surface area contributed by atoms with Crippen LogP contribution in [0.3, 0.4) is 0 Å². The lowest BCUT2D eigenvalue weighted by molar-refractivity contribution is -0.147. The van der Waals surface area contributed by atoms with E-state index in [9.17, 15) is 14.4 Å². The summed E-state index contributed by atoms with van der Waals surface area (Å²) in [6, 6.07) is 10.3. The Kier molecular flexibility index (Phi) is 4.46. The van der Waals surface area contributed by atoms with E-state index in [4.69, 9.17) is 0 Å². The molecule has 4 fully saturated rings. The molecule has 2 aliphatic carbocycles. The van der Waals surface area contributed by atoms with Crippen molar-refractivity contribution in [1.82, 2.24) is 14.7 Å². The van der Waals surface area contributed by atoms with Gasteiger partial charge in [-0.15, -0.1) is 0 Å². The van der Waals surface area contributed by atoms with E-state index >= 15 is 0 Å². The molecule has 4 atom stereocenters. The minimum absolute atomic E-state index is 0.0667.